The SMILES string of the molecule is C=CCCC1CCC(C2CCC(c3ccc(CC)c(F)c3F)CC2)CC1. The van der Waals surface area contributed by atoms with Gasteiger partial charge in [0.2, 0.25) is 0 Å². The summed E-state index contributed by atoms with van der Waals surface area (Å²) in [7, 11) is 0. The molecule has 0 saturated heterocycles. The Bertz CT molecular complexity index is 590. The molecule has 0 heterocycles. The number of allylic oxidation sites excluding steroid dienone is 1. The molecule has 3 rings (SSSR count). The highest BCUT2D eigenvalue weighted by molar-refractivity contribution is 5.29. The van der Waals surface area contributed by atoms with Crippen molar-refractivity contribution in [1.82, 2.24) is 0 Å². The number of hydrogen-bond donors (Lipinski definition) is 0. The van der Waals surface area contributed by atoms with Gasteiger partial charge in [-0.1, -0.05) is 38.0 Å². The van der Waals surface area contributed by atoms with E-state index in [0.29, 0.717) is 17.5 Å². The second kappa shape index (κ2) is 9.15. The lowest BCUT2D eigenvalue weighted by atomic mass is 9.68. The highest BCUT2D eigenvalue weighted by Gasteiger charge is 2.32. The van der Waals surface area contributed by atoms with Gasteiger partial charge in [0.25, 0.3) is 0 Å². The Kier molecular flexibility index (Phi) is 6.89. The van der Waals surface area contributed by atoms with E-state index in [1.54, 1.807) is 6.07 Å². The van der Waals surface area contributed by atoms with Crippen molar-refractivity contribution in [3.05, 3.63) is 47.5 Å². The monoisotopic (exact) mass is 360 g/mol. The van der Waals surface area contributed by atoms with E-state index in [-0.39, 0.29) is 5.92 Å². The van der Waals surface area contributed by atoms with Gasteiger partial charge in [0.05, 0.1) is 0 Å². The van der Waals surface area contributed by atoms with E-state index >= 15 is 0 Å². The van der Waals surface area contributed by atoms with Crippen molar-refractivity contribution in [1.29, 1.82) is 0 Å². The van der Waals surface area contributed by atoms with Gasteiger partial charge in [-0.05, 0) is 92.6 Å². The smallest absolute Gasteiger partial charge is 0.162 e. The van der Waals surface area contributed by atoms with Crippen LogP contribution < -0.4 is 0 Å². The van der Waals surface area contributed by atoms with Gasteiger partial charge < -0.3 is 0 Å². The molecule has 1 aromatic carbocycles. The van der Waals surface area contributed by atoms with Crippen LogP contribution in [-0.2, 0) is 6.42 Å². The lowest BCUT2D eigenvalue weighted by Gasteiger charge is -2.38. The zero-order valence-corrected chi connectivity index (χ0v) is 16.3. The van der Waals surface area contributed by atoms with Gasteiger partial charge in [-0.3, -0.25) is 0 Å². The highest BCUT2D eigenvalue weighted by atomic mass is 19.2. The van der Waals surface area contributed by atoms with Crippen LogP contribution in [0.4, 0.5) is 8.78 Å². The van der Waals surface area contributed by atoms with Crippen molar-refractivity contribution in [3.8, 4) is 0 Å². The van der Waals surface area contributed by atoms with E-state index in [9.17, 15) is 8.78 Å². The minimum Gasteiger partial charge on any atom is -0.203 e. The van der Waals surface area contributed by atoms with Crippen LogP contribution in [0, 0.1) is 29.4 Å². The summed E-state index contributed by atoms with van der Waals surface area (Å²) >= 11 is 0. The van der Waals surface area contributed by atoms with E-state index in [2.05, 4.69) is 6.58 Å². The summed E-state index contributed by atoms with van der Waals surface area (Å²) in [5.41, 5.74) is 1.11. The Morgan fingerprint density at radius 2 is 1.54 bits per heavy atom. The fourth-order valence-corrected chi connectivity index (χ4v) is 5.40. The number of halogens is 2. The molecule has 0 nitrogen and oxygen atoms in total. The van der Waals surface area contributed by atoms with Crippen LogP contribution in [0.25, 0.3) is 0 Å². The molecule has 0 unspecified atom stereocenters. The molecule has 0 bridgehead atoms. The largest absolute Gasteiger partial charge is 0.203 e. The van der Waals surface area contributed by atoms with Crippen LogP contribution in [0.15, 0.2) is 24.8 Å². The van der Waals surface area contributed by atoms with Crippen LogP contribution in [-0.4, -0.2) is 0 Å². The minimum absolute atomic E-state index is 0.204. The van der Waals surface area contributed by atoms with E-state index in [1.165, 1.54) is 44.9 Å². The molecule has 0 spiro atoms. The number of rotatable bonds is 6. The second-order valence-corrected chi connectivity index (χ2v) is 8.55. The Balaban J connectivity index is 1.52. The summed E-state index contributed by atoms with van der Waals surface area (Å²) in [6, 6.07) is 3.62. The molecule has 2 aliphatic rings. The third-order valence-corrected chi connectivity index (χ3v) is 7.12. The number of hydrogen-bond acceptors (Lipinski definition) is 0. The van der Waals surface area contributed by atoms with E-state index in [0.717, 1.165) is 37.0 Å². The fraction of sp³-hybridized carbons (Fsp3) is 0.667. The molecule has 144 valence electrons. The molecule has 1 aromatic rings. The van der Waals surface area contributed by atoms with Crippen LogP contribution in [0.2, 0.25) is 0 Å². The van der Waals surface area contributed by atoms with Crippen LogP contribution in [0.1, 0.15) is 88.2 Å². The lowest BCUT2D eigenvalue weighted by Crippen LogP contribution is -2.25. The first-order valence-electron chi connectivity index (χ1n) is 10.7. The maximum Gasteiger partial charge on any atom is 0.162 e. The molecule has 2 saturated carbocycles. The van der Waals surface area contributed by atoms with Gasteiger partial charge >= 0.3 is 0 Å². The molecule has 0 aliphatic heterocycles. The number of aryl methyl sites for hydroxylation is 1. The van der Waals surface area contributed by atoms with Gasteiger partial charge in [0.1, 0.15) is 0 Å². The van der Waals surface area contributed by atoms with Gasteiger partial charge in [-0.15, -0.1) is 6.58 Å². The van der Waals surface area contributed by atoms with Gasteiger partial charge in [0, 0.05) is 0 Å². The predicted molar refractivity (Wildman–Crippen MR) is 105 cm³/mol. The molecular weight excluding hydrogens is 326 g/mol. The Morgan fingerprint density at radius 3 is 2.12 bits per heavy atom. The van der Waals surface area contributed by atoms with Crippen molar-refractivity contribution in [2.45, 2.75) is 83.5 Å². The van der Waals surface area contributed by atoms with Crippen LogP contribution >= 0.6 is 0 Å². The summed E-state index contributed by atoms with van der Waals surface area (Å²) in [5, 5.41) is 0. The van der Waals surface area contributed by atoms with Gasteiger partial charge in [-0.2, -0.15) is 0 Å². The molecular formula is C24H34F2. The first-order valence-corrected chi connectivity index (χ1v) is 10.7. The van der Waals surface area contributed by atoms with E-state index in [1.807, 2.05) is 19.1 Å². The molecule has 0 amide bonds. The fourth-order valence-electron chi connectivity index (χ4n) is 5.40. The van der Waals surface area contributed by atoms with Crippen LogP contribution in [0.3, 0.4) is 0 Å². The number of benzene rings is 1. The molecule has 0 radical (unpaired) electrons. The van der Waals surface area contributed by atoms with E-state index in [4.69, 9.17) is 0 Å². The quantitative estimate of drug-likeness (QED) is 0.459. The highest BCUT2D eigenvalue weighted by Crippen LogP contribution is 2.45. The van der Waals surface area contributed by atoms with Crippen molar-refractivity contribution >= 4 is 0 Å². The van der Waals surface area contributed by atoms with Crippen molar-refractivity contribution in [3.63, 3.8) is 0 Å². The summed E-state index contributed by atoms with van der Waals surface area (Å²) in [6.45, 7) is 5.71. The second-order valence-electron chi connectivity index (χ2n) is 8.55. The average molecular weight is 361 g/mol. The van der Waals surface area contributed by atoms with Crippen molar-refractivity contribution < 1.29 is 8.78 Å². The van der Waals surface area contributed by atoms with Gasteiger partial charge in [-0.25, -0.2) is 8.78 Å². The zero-order valence-electron chi connectivity index (χ0n) is 16.3. The first kappa shape index (κ1) is 19.6. The molecule has 0 atom stereocenters. The predicted octanol–water partition coefficient (Wildman–Crippen LogP) is 7.57. The topological polar surface area (TPSA) is 0 Å². The third kappa shape index (κ3) is 4.38. The normalized spacial score (nSPS) is 29.5. The molecule has 26 heavy (non-hydrogen) atoms. The molecule has 0 aromatic heterocycles. The van der Waals surface area contributed by atoms with Gasteiger partial charge in [0.15, 0.2) is 11.6 Å². The van der Waals surface area contributed by atoms with Crippen molar-refractivity contribution in [2.75, 3.05) is 0 Å². The summed E-state index contributed by atoms with van der Waals surface area (Å²) in [4.78, 5) is 0. The molecule has 2 aliphatic carbocycles. The molecule has 2 fully saturated rings. The average Bonchev–Trinajstić information content (AvgIpc) is 2.69. The Hall–Kier alpha value is -1.18. The minimum atomic E-state index is -0.620. The van der Waals surface area contributed by atoms with Crippen molar-refractivity contribution in [2.24, 2.45) is 17.8 Å². The summed E-state index contributed by atoms with van der Waals surface area (Å²) < 4.78 is 28.6. The molecule has 0 N–H and O–H groups in total. The zero-order chi connectivity index (χ0) is 18.5. The Morgan fingerprint density at radius 1 is 0.923 bits per heavy atom. The first-order chi connectivity index (χ1) is 12.6. The third-order valence-electron chi connectivity index (χ3n) is 7.12. The summed E-state index contributed by atoms with van der Waals surface area (Å²) in [5.74, 6) is 1.56. The van der Waals surface area contributed by atoms with Crippen LogP contribution in [0.5, 0.6) is 0 Å². The standard InChI is InChI=1S/C24H34F2/c1-3-5-6-17-7-9-19(10-8-17)20-11-13-21(14-12-20)22-16-15-18(4-2)23(25)24(22)26/h3,15-17,19-21H,1,4-14H2,2H3. The maximum atomic E-state index is 14.4. The summed E-state index contributed by atoms with van der Waals surface area (Å²) in [6.07, 6.45) is 14.9. The maximum absolute atomic E-state index is 14.4. The van der Waals surface area contributed by atoms with E-state index < -0.39 is 11.6 Å². The molecule has 2 heteroatoms. The Labute approximate surface area is 158 Å². The lowest BCUT2D eigenvalue weighted by molar-refractivity contribution is 0.156.